The summed E-state index contributed by atoms with van der Waals surface area (Å²) in [6, 6.07) is 5.40. The highest BCUT2D eigenvalue weighted by Crippen LogP contribution is 2.24. The number of nitrogens with zero attached hydrogens (tertiary/aromatic N) is 1. The molecule has 0 fully saturated rings. The molecule has 2 rings (SSSR count). The Morgan fingerprint density at radius 3 is 2.47 bits per heavy atom. The summed E-state index contributed by atoms with van der Waals surface area (Å²) in [4.78, 5) is 4.03. The van der Waals surface area contributed by atoms with Crippen LogP contribution in [0, 0.1) is 18.6 Å². The van der Waals surface area contributed by atoms with Crippen molar-refractivity contribution in [2.75, 3.05) is 5.32 Å². The van der Waals surface area contributed by atoms with Crippen molar-refractivity contribution in [1.29, 1.82) is 0 Å². The maximum absolute atomic E-state index is 13.4. The van der Waals surface area contributed by atoms with Crippen LogP contribution in [0.25, 0.3) is 0 Å². The van der Waals surface area contributed by atoms with Crippen LogP contribution in [0.5, 0.6) is 0 Å². The zero-order valence-corrected chi connectivity index (χ0v) is 10.6. The Balaban J connectivity index is 2.35. The first kappa shape index (κ1) is 12.0. The van der Waals surface area contributed by atoms with Crippen molar-refractivity contribution in [3.05, 3.63) is 52.1 Å². The van der Waals surface area contributed by atoms with Gasteiger partial charge in [-0.25, -0.2) is 13.8 Å². The lowest BCUT2D eigenvalue weighted by molar-refractivity contribution is 0.590. The molecule has 2 nitrogen and oxygen atoms in total. The number of aryl methyl sites for hydroxylation is 1. The predicted octanol–water partition coefficient (Wildman–Crippen LogP) is 4.17. The summed E-state index contributed by atoms with van der Waals surface area (Å²) in [6.45, 7) is 1.87. The van der Waals surface area contributed by atoms with Gasteiger partial charge in [-0.15, -0.1) is 0 Å². The number of aromatic nitrogens is 1. The zero-order valence-electron chi connectivity index (χ0n) is 8.97. The monoisotopic (exact) mass is 298 g/mol. The summed E-state index contributed by atoms with van der Waals surface area (Å²) in [5.41, 5.74) is 0.737. The maximum Gasteiger partial charge on any atom is 0.149 e. The predicted molar refractivity (Wildman–Crippen MR) is 66.3 cm³/mol. The summed E-state index contributed by atoms with van der Waals surface area (Å²) in [5.74, 6) is -0.894. The fourth-order valence-corrected chi connectivity index (χ4v) is 1.57. The number of pyridine rings is 1. The average molecular weight is 299 g/mol. The minimum atomic E-state index is -0.646. The van der Waals surface area contributed by atoms with E-state index in [9.17, 15) is 8.78 Å². The Hall–Kier alpha value is -1.49. The van der Waals surface area contributed by atoms with E-state index in [-0.39, 0.29) is 5.69 Å². The molecule has 88 valence electrons. The van der Waals surface area contributed by atoms with E-state index in [1.807, 2.05) is 6.92 Å². The maximum atomic E-state index is 13.4. The van der Waals surface area contributed by atoms with Gasteiger partial charge in [-0.3, -0.25) is 0 Å². The molecule has 0 aliphatic carbocycles. The van der Waals surface area contributed by atoms with E-state index < -0.39 is 11.6 Å². The second-order valence-electron chi connectivity index (χ2n) is 3.54. The van der Waals surface area contributed by atoms with E-state index in [0.29, 0.717) is 5.82 Å². The van der Waals surface area contributed by atoms with E-state index in [1.54, 1.807) is 12.3 Å². The molecule has 0 bridgehead atoms. The average Bonchev–Trinajstić information content (AvgIpc) is 2.28. The van der Waals surface area contributed by atoms with Gasteiger partial charge in [0.2, 0.25) is 0 Å². The lowest BCUT2D eigenvalue weighted by Crippen LogP contribution is -1.99. The number of benzene rings is 1. The Kier molecular flexibility index (Phi) is 3.38. The number of anilines is 2. The first-order valence-electron chi connectivity index (χ1n) is 4.91. The van der Waals surface area contributed by atoms with Gasteiger partial charge in [-0.1, -0.05) is 6.07 Å². The minimum absolute atomic E-state index is 0.193. The number of halogens is 3. The third-order valence-corrected chi connectivity index (χ3v) is 3.09. The molecule has 1 heterocycles. The number of rotatable bonds is 2. The van der Waals surface area contributed by atoms with Crippen LogP contribution >= 0.6 is 15.9 Å². The first-order valence-corrected chi connectivity index (χ1v) is 5.70. The highest BCUT2D eigenvalue weighted by atomic mass is 79.9. The molecular weight excluding hydrogens is 290 g/mol. The van der Waals surface area contributed by atoms with Crippen molar-refractivity contribution in [2.24, 2.45) is 0 Å². The van der Waals surface area contributed by atoms with Crippen molar-refractivity contribution >= 4 is 27.4 Å². The first-order chi connectivity index (χ1) is 8.08. The quantitative estimate of drug-likeness (QED) is 0.900. The molecule has 1 aromatic carbocycles. The van der Waals surface area contributed by atoms with Gasteiger partial charge >= 0.3 is 0 Å². The molecule has 1 aromatic heterocycles. The van der Waals surface area contributed by atoms with Crippen LogP contribution in [0.3, 0.4) is 0 Å². The minimum Gasteiger partial charge on any atom is -0.335 e. The van der Waals surface area contributed by atoms with Crippen molar-refractivity contribution in [2.45, 2.75) is 6.92 Å². The van der Waals surface area contributed by atoms with Crippen molar-refractivity contribution < 1.29 is 8.78 Å². The van der Waals surface area contributed by atoms with Gasteiger partial charge in [0.05, 0.1) is 0 Å². The molecule has 0 aliphatic rings. The second-order valence-corrected chi connectivity index (χ2v) is 4.39. The second kappa shape index (κ2) is 4.79. The van der Waals surface area contributed by atoms with E-state index >= 15 is 0 Å². The van der Waals surface area contributed by atoms with Gasteiger partial charge in [0.25, 0.3) is 0 Å². The summed E-state index contributed by atoms with van der Waals surface area (Å²) in [5, 5.41) is 2.63. The van der Waals surface area contributed by atoms with Crippen molar-refractivity contribution in [3.63, 3.8) is 0 Å². The third-order valence-electron chi connectivity index (χ3n) is 2.26. The molecule has 2 aromatic rings. The molecule has 1 N–H and O–H groups in total. The molecule has 0 saturated carbocycles. The van der Waals surface area contributed by atoms with Gasteiger partial charge in [0, 0.05) is 10.7 Å². The highest BCUT2D eigenvalue weighted by molar-refractivity contribution is 9.10. The number of nitrogens with one attached hydrogen (secondary N) is 1. The summed E-state index contributed by atoms with van der Waals surface area (Å²) in [7, 11) is 0. The SMILES string of the molecule is Cc1cc(Nc2c(F)cccc2F)ncc1Br. The number of hydrogen-bond donors (Lipinski definition) is 1. The van der Waals surface area contributed by atoms with Gasteiger partial charge in [0.15, 0.2) is 0 Å². The number of para-hydroxylation sites is 1. The van der Waals surface area contributed by atoms with E-state index in [1.165, 1.54) is 18.2 Å². The lowest BCUT2D eigenvalue weighted by atomic mass is 10.2. The zero-order chi connectivity index (χ0) is 12.4. The van der Waals surface area contributed by atoms with E-state index in [4.69, 9.17) is 0 Å². The molecule has 0 spiro atoms. The van der Waals surface area contributed by atoms with Crippen LogP contribution in [0.4, 0.5) is 20.3 Å². The Labute approximate surface area is 106 Å². The van der Waals surface area contributed by atoms with Crippen molar-refractivity contribution in [1.82, 2.24) is 4.98 Å². The molecule has 0 unspecified atom stereocenters. The molecule has 0 saturated heterocycles. The largest absolute Gasteiger partial charge is 0.335 e. The highest BCUT2D eigenvalue weighted by Gasteiger charge is 2.09. The summed E-state index contributed by atoms with van der Waals surface area (Å²) >= 11 is 3.31. The van der Waals surface area contributed by atoms with Crippen LogP contribution in [-0.2, 0) is 0 Å². The van der Waals surface area contributed by atoms with Gasteiger partial charge in [0.1, 0.15) is 23.1 Å². The summed E-state index contributed by atoms with van der Waals surface area (Å²) < 4.78 is 27.6. The van der Waals surface area contributed by atoms with Crippen LogP contribution in [0.15, 0.2) is 34.9 Å². The van der Waals surface area contributed by atoms with Crippen LogP contribution in [-0.4, -0.2) is 4.98 Å². The van der Waals surface area contributed by atoms with Gasteiger partial charge in [-0.2, -0.15) is 0 Å². The van der Waals surface area contributed by atoms with Crippen LogP contribution in [0.2, 0.25) is 0 Å². The normalized spacial score (nSPS) is 10.4. The van der Waals surface area contributed by atoms with E-state index in [2.05, 4.69) is 26.2 Å². The Morgan fingerprint density at radius 2 is 1.88 bits per heavy atom. The standard InChI is InChI=1S/C12H9BrF2N2/c1-7-5-11(16-6-8(7)13)17-12-9(14)3-2-4-10(12)15/h2-6H,1H3,(H,16,17). The smallest absolute Gasteiger partial charge is 0.149 e. The fourth-order valence-electron chi connectivity index (χ4n) is 1.35. The molecule has 0 radical (unpaired) electrons. The molecule has 0 atom stereocenters. The van der Waals surface area contributed by atoms with Crippen LogP contribution in [0.1, 0.15) is 5.56 Å². The topological polar surface area (TPSA) is 24.9 Å². The van der Waals surface area contributed by atoms with Crippen LogP contribution < -0.4 is 5.32 Å². The number of hydrogen-bond acceptors (Lipinski definition) is 2. The fraction of sp³-hybridized carbons (Fsp3) is 0.0833. The molecule has 17 heavy (non-hydrogen) atoms. The third kappa shape index (κ3) is 2.61. The summed E-state index contributed by atoms with van der Waals surface area (Å²) in [6.07, 6.45) is 1.58. The molecule has 0 aliphatic heterocycles. The van der Waals surface area contributed by atoms with E-state index in [0.717, 1.165) is 10.0 Å². The van der Waals surface area contributed by atoms with Gasteiger partial charge in [-0.05, 0) is 46.6 Å². The molecular formula is C12H9BrF2N2. The van der Waals surface area contributed by atoms with Gasteiger partial charge < -0.3 is 5.32 Å². The lowest BCUT2D eigenvalue weighted by Gasteiger charge is -2.08. The molecule has 5 heteroatoms. The molecule has 0 amide bonds. The Bertz CT molecular complexity index is 538. The Morgan fingerprint density at radius 1 is 1.24 bits per heavy atom. The van der Waals surface area contributed by atoms with Crippen molar-refractivity contribution in [3.8, 4) is 0 Å².